The van der Waals surface area contributed by atoms with Crippen LogP contribution in [0.2, 0.25) is 0 Å². The fraction of sp³-hybridized carbons (Fsp3) is 0.333. The summed E-state index contributed by atoms with van der Waals surface area (Å²) >= 11 is 0. The zero-order chi connectivity index (χ0) is 39.9. The molecule has 0 spiro atoms. The number of para-hydroxylation sites is 2. The lowest BCUT2D eigenvalue weighted by Crippen LogP contribution is -2.13. The number of aryl methyl sites for hydroxylation is 1. The Kier molecular flexibility index (Phi) is 15.8. The topological polar surface area (TPSA) is 52.6 Å². The first-order valence-electron chi connectivity index (χ1n) is 19.9. The molecule has 0 aromatic heterocycles. The van der Waals surface area contributed by atoms with Crippen LogP contribution in [0.1, 0.15) is 123 Å². The fourth-order valence-electron chi connectivity index (χ4n) is 6.95. The smallest absolute Gasteiger partial charge is 0.346 e. The van der Waals surface area contributed by atoms with E-state index in [4.69, 9.17) is 9.47 Å². The van der Waals surface area contributed by atoms with Gasteiger partial charge in [-0.15, -0.1) is 0 Å². The SMILES string of the molecule is CCCCCCCCc1cc(-c2ccc(C(=O)Oc3ccccc3)c(F)c2F)c(CCCCCCCC)c(-c2ccc(C(=O)Oc3ccccc3)c(F)c2F)c1. The maximum Gasteiger partial charge on any atom is 0.346 e. The quantitative estimate of drug-likeness (QED) is 0.0343. The van der Waals surface area contributed by atoms with Gasteiger partial charge in [0, 0.05) is 11.1 Å². The number of benzene rings is 5. The summed E-state index contributed by atoms with van der Waals surface area (Å²) in [6.45, 7) is 4.28. The van der Waals surface area contributed by atoms with E-state index in [0.29, 0.717) is 36.0 Å². The van der Waals surface area contributed by atoms with Crippen LogP contribution in [0.3, 0.4) is 0 Å². The van der Waals surface area contributed by atoms with E-state index in [-0.39, 0.29) is 22.6 Å². The Morgan fingerprint density at radius 3 is 1.27 bits per heavy atom. The van der Waals surface area contributed by atoms with E-state index in [1.165, 1.54) is 48.5 Å². The molecule has 0 unspecified atom stereocenters. The molecule has 0 aliphatic rings. The van der Waals surface area contributed by atoms with Crippen molar-refractivity contribution in [2.45, 2.75) is 104 Å². The number of esters is 2. The monoisotopic (exact) mass is 766 g/mol. The molecule has 8 heteroatoms. The summed E-state index contributed by atoms with van der Waals surface area (Å²) in [7, 11) is 0. The second kappa shape index (κ2) is 21.2. The molecule has 0 heterocycles. The third kappa shape index (κ3) is 11.0. The standard InChI is InChI=1S/C48H50F4O4/c1-3-5-7-9-11-15-21-33-31-41(37-27-29-39(45(51)43(37)49)47(53)55-34-22-16-13-17-23-34)36(26-20-12-10-8-6-4-2)42(32-33)38-28-30-40(46(52)44(38)50)48(54)56-35-24-18-14-19-25-35/h13-14,16-19,22-25,27-32H,3-12,15,20-21,26H2,1-2H3. The summed E-state index contributed by atoms with van der Waals surface area (Å²) in [4.78, 5) is 25.9. The third-order valence-electron chi connectivity index (χ3n) is 10.0. The molecule has 56 heavy (non-hydrogen) atoms. The van der Waals surface area contributed by atoms with Crippen LogP contribution in [-0.2, 0) is 12.8 Å². The van der Waals surface area contributed by atoms with Crippen molar-refractivity contribution in [2.24, 2.45) is 0 Å². The van der Waals surface area contributed by atoms with Crippen LogP contribution in [0.5, 0.6) is 11.5 Å². The number of rotatable bonds is 20. The van der Waals surface area contributed by atoms with Gasteiger partial charge in [-0.2, -0.15) is 0 Å². The van der Waals surface area contributed by atoms with Crippen molar-refractivity contribution in [3.05, 3.63) is 143 Å². The minimum Gasteiger partial charge on any atom is -0.423 e. The van der Waals surface area contributed by atoms with E-state index < -0.39 is 46.3 Å². The van der Waals surface area contributed by atoms with E-state index in [9.17, 15) is 9.59 Å². The van der Waals surface area contributed by atoms with Crippen molar-refractivity contribution >= 4 is 11.9 Å². The van der Waals surface area contributed by atoms with Crippen LogP contribution >= 0.6 is 0 Å². The largest absolute Gasteiger partial charge is 0.423 e. The molecule has 4 nitrogen and oxygen atoms in total. The Bertz CT molecular complexity index is 1930. The zero-order valence-electron chi connectivity index (χ0n) is 32.3. The van der Waals surface area contributed by atoms with Gasteiger partial charge in [0.05, 0.1) is 11.1 Å². The number of hydrogen-bond donors (Lipinski definition) is 0. The number of ether oxygens (including phenoxy) is 2. The molecule has 0 fully saturated rings. The zero-order valence-corrected chi connectivity index (χ0v) is 32.3. The molecule has 0 aliphatic heterocycles. The number of carbonyl (C=O) groups excluding carboxylic acids is 2. The molecule has 5 aromatic rings. The molecule has 5 rings (SSSR count). The van der Waals surface area contributed by atoms with Gasteiger partial charge in [0.1, 0.15) is 11.5 Å². The summed E-state index contributed by atoms with van der Waals surface area (Å²) in [6, 6.07) is 24.9. The molecule has 0 amide bonds. The second-order valence-electron chi connectivity index (χ2n) is 14.2. The van der Waals surface area contributed by atoms with E-state index in [0.717, 1.165) is 76.2 Å². The minimum absolute atomic E-state index is 0.102. The first kappa shape index (κ1) is 41.9. The van der Waals surface area contributed by atoms with Crippen molar-refractivity contribution in [2.75, 3.05) is 0 Å². The summed E-state index contributed by atoms with van der Waals surface area (Å²) in [5.74, 6) is -6.95. The van der Waals surface area contributed by atoms with Crippen LogP contribution in [0.4, 0.5) is 17.6 Å². The second-order valence-corrected chi connectivity index (χ2v) is 14.2. The van der Waals surface area contributed by atoms with Crippen molar-refractivity contribution in [3.63, 3.8) is 0 Å². The first-order valence-corrected chi connectivity index (χ1v) is 19.9. The predicted octanol–water partition coefficient (Wildman–Crippen LogP) is 13.8. The average molecular weight is 767 g/mol. The Balaban J connectivity index is 1.60. The summed E-state index contributed by atoms with van der Waals surface area (Å²) in [5, 5.41) is 0. The number of carbonyl (C=O) groups is 2. The highest BCUT2D eigenvalue weighted by Gasteiger charge is 2.27. The first-order chi connectivity index (χ1) is 27.2. The minimum atomic E-state index is -1.37. The summed E-state index contributed by atoms with van der Waals surface area (Å²) in [5.41, 5.74) is 0.598. The number of halogens is 4. The van der Waals surface area contributed by atoms with Gasteiger partial charge in [-0.1, -0.05) is 139 Å². The fourth-order valence-corrected chi connectivity index (χ4v) is 6.95. The van der Waals surface area contributed by atoms with Gasteiger partial charge < -0.3 is 9.47 Å². The number of hydrogen-bond acceptors (Lipinski definition) is 4. The van der Waals surface area contributed by atoms with Gasteiger partial charge in [0.2, 0.25) is 0 Å². The van der Waals surface area contributed by atoms with E-state index in [1.54, 1.807) is 36.4 Å². The molecule has 294 valence electrons. The molecular formula is C48H50F4O4. The third-order valence-corrected chi connectivity index (χ3v) is 10.0. The van der Waals surface area contributed by atoms with Gasteiger partial charge in [-0.3, -0.25) is 0 Å². The molecule has 0 atom stereocenters. The molecule has 0 bridgehead atoms. The van der Waals surface area contributed by atoms with Gasteiger partial charge in [0.15, 0.2) is 23.3 Å². The van der Waals surface area contributed by atoms with Crippen molar-refractivity contribution in [1.82, 2.24) is 0 Å². The number of unbranched alkanes of at least 4 members (excludes halogenated alkanes) is 10. The molecule has 5 aromatic carbocycles. The maximum absolute atomic E-state index is 16.3. The molecule has 0 saturated carbocycles. The summed E-state index contributed by atoms with van der Waals surface area (Å²) in [6.07, 6.45) is 12.8. The van der Waals surface area contributed by atoms with Crippen LogP contribution in [0.15, 0.2) is 97.1 Å². The lowest BCUT2D eigenvalue weighted by atomic mass is 9.85. The van der Waals surface area contributed by atoms with Gasteiger partial charge >= 0.3 is 11.9 Å². The van der Waals surface area contributed by atoms with Crippen molar-refractivity contribution < 1.29 is 36.6 Å². The normalized spacial score (nSPS) is 11.1. The van der Waals surface area contributed by atoms with Crippen LogP contribution < -0.4 is 9.47 Å². The van der Waals surface area contributed by atoms with Crippen molar-refractivity contribution in [3.8, 4) is 33.8 Å². The van der Waals surface area contributed by atoms with Gasteiger partial charge in [0.25, 0.3) is 0 Å². The Morgan fingerprint density at radius 1 is 0.446 bits per heavy atom. The Morgan fingerprint density at radius 2 is 0.839 bits per heavy atom. The lowest BCUT2D eigenvalue weighted by Gasteiger charge is -2.20. The van der Waals surface area contributed by atoms with Crippen LogP contribution in [0.25, 0.3) is 22.3 Å². The highest BCUT2D eigenvalue weighted by molar-refractivity contribution is 5.93. The van der Waals surface area contributed by atoms with Crippen molar-refractivity contribution in [1.29, 1.82) is 0 Å². The molecule has 0 saturated heterocycles. The van der Waals surface area contributed by atoms with Crippen LogP contribution in [-0.4, -0.2) is 11.9 Å². The average Bonchev–Trinajstić information content (AvgIpc) is 3.20. The van der Waals surface area contributed by atoms with E-state index in [1.807, 2.05) is 12.1 Å². The molecule has 0 N–H and O–H groups in total. The highest BCUT2D eigenvalue weighted by atomic mass is 19.2. The van der Waals surface area contributed by atoms with Gasteiger partial charge in [-0.05, 0) is 84.3 Å². The van der Waals surface area contributed by atoms with E-state index >= 15 is 17.6 Å². The summed E-state index contributed by atoms with van der Waals surface area (Å²) < 4.78 is 75.1. The lowest BCUT2D eigenvalue weighted by molar-refractivity contribution is 0.0719. The molecular weight excluding hydrogens is 717 g/mol. The Labute approximate surface area is 327 Å². The van der Waals surface area contributed by atoms with Crippen LogP contribution in [0, 0.1) is 23.3 Å². The molecule has 0 radical (unpaired) electrons. The Hall–Kier alpha value is -5.24. The highest BCUT2D eigenvalue weighted by Crippen LogP contribution is 2.40. The predicted molar refractivity (Wildman–Crippen MR) is 214 cm³/mol. The maximum atomic E-state index is 16.3. The van der Waals surface area contributed by atoms with E-state index in [2.05, 4.69) is 13.8 Å². The van der Waals surface area contributed by atoms with Gasteiger partial charge in [-0.25, -0.2) is 27.2 Å². The molecule has 0 aliphatic carbocycles.